The van der Waals surface area contributed by atoms with Crippen molar-refractivity contribution in [3.63, 3.8) is 0 Å². The molecule has 102 valence electrons. The van der Waals surface area contributed by atoms with Gasteiger partial charge in [0.15, 0.2) is 0 Å². The molecule has 1 saturated heterocycles. The summed E-state index contributed by atoms with van der Waals surface area (Å²) < 4.78 is 5.47. The molecule has 0 saturated carbocycles. The van der Waals surface area contributed by atoms with E-state index in [0.29, 0.717) is 18.2 Å². The first kappa shape index (κ1) is 14.7. The Morgan fingerprint density at radius 1 is 1.16 bits per heavy atom. The molecule has 1 heterocycles. The highest BCUT2D eigenvalue weighted by molar-refractivity contribution is 6.55. The van der Waals surface area contributed by atoms with E-state index in [4.69, 9.17) is 39.5 Å². The van der Waals surface area contributed by atoms with E-state index in [1.165, 1.54) is 6.20 Å². The second kappa shape index (κ2) is 7.15. The molecule has 0 aromatic heterocycles. The molecule has 19 heavy (non-hydrogen) atoms. The normalized spacial score (nSPS) is 16.4. The van der Waals surface area contributed by atoms with Crippen LogP contribution >= 0.6 is 34.8 Å². The van der Waals surface area contributed by atoms with Crippen LogP contribution in [0.1, 0.15) is 5.56 Å². The molecule has 0 spiro atoms. The Balaban J connectivity index is 2.30. The van der Waals surface area contributed by atoms with Crippen molar-refractivity contribution in [3.8, 4) is 0 Å². The van der Waals surface area contributed by atoms with E-state index in [9.17, 15) is 0 Å². The first-order chi connectivity index (χ1) is 9.16. The van der Waals surface area contributed by atoms with Gasteiger partial charge in [-0.15, -0.1) is 0 Å². The third-order valence-electron chi connectivity index (χ3n) is 2.70. The maximum atomic E-state index is 5.90. The minimum absolute atomic E-state index is 0.125. The second-order valence-corrected chi connectivity index (χ2v) is 5.42. The summed E-state index contributed by atoms with van der Waals surface area (Å²) in [5.41, 5.74) is 0.970. The highest BCUT2D eigenvalue weighted by atomic mass is 35.5. The lowest BCUT2D eigenvalue weighted by Crippen LogP contribution is -2.41. The highest BCUT2D eigenvalue weighted by Gasteiger charge is 2.16. The van der Waals surface area contributed by atoms with E-state index in [2.05, 4.69) is 9.89 Å². The predicted molar refractivity (Wildman–Crippen MR) is 80.2 cm³/mol. The summed E-state index contributed by atoms with van der Waals surface area (Å²) in [4.78, 5) is 6.50. The van der Waals surface area contributed by atoms with E-state index in [0.717, 1.165) is 24.5 Å². The number of benzene rings is 1. The maximum absolute atomic E-state index is 5.90. The lowest BCUT2D eigenvalue weighted by Gasteiger charge is -2.29. The number of nitrogens with zero attached hydrogens (tertiary/aromatic N) is 2. The standard InChI is InChI=1S/C13H13Cl3N2O/c14-11-3-1-10(2-4-11)13(17-9-12(15)16)18-5-7-19-8-6-18/h1-4,9H,5-8H2. The Morgan fingerprint density at radius 2 is 1.79 bits per heavy atom. The molecule has 6 heteroatoms. The quantitative estimate of drug-likeness (QED) is 0.613. The summed E-state index contributed by atoms with van der Waals surface area (Å²) in [6.45, 7) is 2.94. The molecule has 0 aliphatic carbocycles. The molecule has 0 amide bonds. The van der Waals surface area contributed by atoms with Crippen molar-refractivity contribution >= 4 is 40.6 Å². The molecular formula is C13H13Cl3N2O. The molecule has 1 aliphatic heterocycles. The van der Waals surface area contributed by atoms with E-state index >= 15 is 0 Å². The summed E-state index contributed by atoms with van der Waals surface area (Å²) in [7, 11) is 0. The zero-order valence-corrected chi connectivity index (χ0v) is 12.4. The van der Waals surface area contributed by atoms with Crippen LogP contribution in [0.4, 0.5) is 0 Å². The van der Waals surface area contributed by atoms with Gasteiger partial charge in [-0.3, -0.25) is 0 Å². The van der Waals surface area contributed by atoms with Gasteiger partial charge < -0.3 is 9.64 Å². The lowest BCUT2D eigenvalue weighted by molar-refractivity contribution is 0.0683. The Labute approximate surface area is 127 Å². The van der Waals surface area contributed by atoms with Crippen molar-refractivity contribution in [1.82, 2.24) is 4.90 Å². The van der Waals surface area contributed by atoms with Gasteiger partial charge in [-0.2, -0.15) is 0 Å². The SMILES string of the molecule is ClC(Cl)=CN=C(c1ccc(Cl)cc1)N1CCOCC1. The number of aliphatic imine (C=N–C) groups is 1. The third-order valence-corrected chi connectivity index (χ3v) is 3.14. The molecule has 1 aliphatic rings. The number of amidine groups is 1. The van der Waals surface area contributed by atoms with Gasteiger partial charge in [0.25, 0.3) is 0 Å². The van der Waals surface area contributed by atoms with Crippen molar-refractivity contribution in [3.05, 3.63) is 45.5 Å². The first-order valence-corrected chi connectivity index (χ1v) is 6.98. The van der Waals surface area contributed by atoms with Gasteiger partial charge >= 0.3 is 0 Å². The molecule has 0 radical (unpaired) electrons. The molecule has 2 rings (SSSR count). The molecule has 0 atom stereocenters. The highest BCUT2D eigenvalue weighted by Crippen LogP contribution is 2.15. The summed E-state index contributed by atoms with van der Waals surface area (Å²) in [6, 6.07) is 7.51. The largest absolute Gasteiger partial charge is 0.378 e. The molecule has 1 fully saturated rings. The van der Waals surface area contributed by atoms with Crippen LogP contribution in [0.3, 0.4) is 0 Å². The van der Waals surface area contributed by atoms with Crippen molar-refractivity contribution in [2.24, 2.45) is 4.99 Å². The Hall–Kier alpha value is -0.740. The van der Waals surface area contributed by atoms with Crippen molar-refractivity contribution in [2.45, 2.75) is 0 Å². The minimum Gasteiger partial charge on any atom is -0.378 e. The monoisotopic (exact) mass is 318 g/mol. The van der Waals surface area contributed by atoms with Crippen LogP contribution in [0.5, 0.6) is 0 Å². The molecule has 0 unspecified atom stereocenters. The van der Waals surface area contributed by atoms with Gasteiger partial charge in [-0.05, 0) is 24.3 Å². The van der Waals surface area contributed by atoms with E-state index in [1.54, 1.807) is 0 Å². The molecule has 0 N–H and O–H groups in total. The number of hydrogen-bond donors (Lipinski definition) is 0. The summed E-state index contributed by atoms with van der Waals surface area (Å²) in [5, 5.41) is 0.691. The van der Waals surface area contributed by atoms with Crippen LogP contribution in [-0.2, 0) is 4.74 Å². The van der Waals surface area contributed by atoms with Gasteiger partial charge in [-0.25, -0.2) is 4.99 Å². The lowest BCUT2D eigenvalue weighted by atomic mass is 10.2. The van der Waals surface area contributed by atoms with Crippen LogP contribution in [0.2, 0.25) is 5.02 Å². The van der Waals surface area contributed by atoms with Gasteiger partial charge in [0.2, 0.25) is 0 Å². The Bertz CT molecular complexity index is 475. The number of rotatable bonds is 2. The van der Waals surface area contributed by atoms with Gasteiger partial charge in [0.05, 0.1) is 19.4 Å². The van der Waals surface area contributed by atoms with Gasteiger partial charge in [-0.1, -0.05) is 34.8 Å². The van der Waals surface area contributed by atoms with Crippen LogP contribution in [0.25, 0.3) is 0 Å². The fourth-order valence-corrected chi connectivity index (χ4v) is 2.05. The smallest absolute Gasteiger partial charge is 0.136 e. The van der Waals surface area contributed by atoms with Gasteiger partial charge in [0, 0.05) is 23.7 Å². The zero-order chi connectivity index (χ0) is 13.7. The molecule has 1 aromatic carbocycles. The minimum atomic E-state index is 0.125. The predicted octanol–water partition coefficient (Wildman–Crippen LogP) is 3.70. The topological polar surface area (TPSA) is 24.8 Å². The first-order valence-electron chi connectivity index (χ1n) is 5.84. The average molecular weight is 320 g/mol. The Morgan fingerprint density at radius 3 is 2.37 bits per heavy atom. The third kappa shape index (κ3) is 4.39. The summed E-state index contributed by atoms with van der Waals surface area (Å²) in [5.74, 6) is 0.818. The number of hydrogen-bond acceptors (Lipinski definition) is 2. The maximum Gasteiger partial charge on any atom is 0.136 e. The van der Waals surface area contributed by atoms with Crippen LogP contribution in [-0.4, -0.2) is 37.0 Å². The van der Waals surface area contributed by atoms with Crippen molar-refractivity contribution < 1.29 is 4.74 Å². The molecular weight excluding hydrogens is 307 g/mol. The van der Waals surface area contributed by atoms with Gasteiger partial charge in [0.1, 0.15) is 10.3 Å². The van der Waals surface area contributed by atoms with E-state index in [-0.39, 0.29) is 4.49 Å². The van der Waals surface area contributed by atoms with Crippen LogP contribution in [0, 0.1) is 0 Å². The average Bonchev–Trinajstić information content (AvgIpc) is 2.42. The Kier molecular flexibility index (Phi) is 5.52. The molecule has 3 nitrogen and oxygen atoms in total. The van der Waals surface area contributed by atoms with E-state index < -0.39 is 0 Å². The van der Waals surface area contributed by atoms with Crippen LogP contribution < -0.4 is 0 Å². The van der Waals surface area contributed by atoms with Crippen LogP contribution in [0.15, 0.2) is 39.9 Å². The van der Waals surface area contributed by atoms with Crippen molar-refractivity contribution in [1.29, 1.82) is 0 Å². The molecule has 0 bridgehead atoms. The second-order valence-electron chi connectivity index (χ2n) is 3.98. The van der Waals surface area contributed by atoms with Crippen molar-refractivity contribution in [2.75, 3.05) is 26.3 Å². The molecule has 1 aromatic rings. The number of ether oxygens (including phenoxy) is 1. The number of morpholine rings is 1. The summed E-state index contributed by atoms with van der Waals surface area (Å²) >= 11 is 17.2. The number of halogens is 3. The summed E-state index contributed by atoms with van der Waals surface area (Å²) in [6.07, 6.45) is 1.43. The fourth-order valence-electron chi connectivity index (χ4n) is 1.82. The van der Waals surface area contributed by atoms with E-state index in [1.807, 2.05) is 24.3 Å². The zero-order valence-electron chi connectivity index (χ0n) is 10.2. The fraction of sp³-hybridized carbons (Fsp3) is 0.308.